The van der Waals surface area contributed by atoms with Crippen LogP contribution in [0, 0.1) is 6.92 Å². The summed E-state index contributed by atoms with van der Waals surface area (Å²) in [4.78, 5) is 17.0. The first-order chi connectivity index (χ1) is 9.65. The Bertz CT molecular complexity index is 590. The van der Waals surface area contributed by atoms with Crippen molar-refractivity contribution in [2.75, 3.05) is 13.7 Å². The molecule has 5 heteroatoms. The topological polar surface area (TPSA) is 48.4 Å². The normalized spacial score (nSPS) is 10.6. The molecule has 20 heavy (non-hydrogen) atoms. The van der Waals surface area contributed by atoms with Crippen molar-refractivity contribution in [3.8, 4) is 10.6 Å². The first kappa shape index (κ1) is 14.7. The Morgan fingerprint density at radius 3 is 2.60 bits per heavy atom. The molecule has 106 valence electrons. The minimum absolute atomic E-state index is 0.358. The third-order valence-corrected chi connectivity index (χ3v) is 3.80. The second-order valence-electron chi connectivity index (χ2n) is 4.27. The molecule has 0 aliphatic carbocycles. The largest absolute Gasteiger partial charge is 0.461 e. The summed E-state index contributed by atoms with van der Waals surface area (Å²) < 4.78 is 10.1. The minimum atomic E-state index is -0.358. The smallest absolute Gasteiger partial charge is 0.358 e. The summed E-state index contributed by atoms with van der Waals surface area (Å²) in [6, 6.07) is 7.97. The maximum atomic E-state index is 11.8. The summed E-state index contributed by atoms with van der Waals surface area (Å²) in [7, 11) is 1.67. The van der Waals surface area contributed by atoms with Gasteiger partial charge in [0.25, 0.3) is 0 Å². The molecule has 0 saturated carbocycles. The second kappa shape index (κ2) is 6.63. The van der Waals surface area contributed by atoms with Crippen molar-refractivity contribution in [3.05, 3.63) is 40.4 Å². The summed E-state index contributed by atoms with van der Waals surface area (Å²) >= 11 is 1.50. The molecule has 0 atom stereocenters. The zero-order valence-corrected chi connectivity index (χ0v) is 12.6. The molecule has 1 heterocycles. The highest BCUT2D eigenvalue weighted by Crippen LogP contribution is 2.28. The monoisotopic (exact) mass is 291 g/mol. The van der Waals surface area contributed by atoms with E-state index >= 15 is 0 Å². The molecule has 0 fully saturated rings. The number of aryl methyl sites for hydroxylation is 1. The van der Waals surface area contributed by atoms with Crippen molar-refractivity contribution < 1.29 is 14.3 Å². The van der Waals surface area contributed by atoms with Crippen molar-refractivity contribution in [1.82, 2.24) is 4.98 Å². The van der Waals surface area contributed by atoms with Gasteiger partial charge in [0, 0.05) is 17.6 Å². The molecular formula is C15H17NO3S. The first-order valence-corrected chi connectivity index (χ1v) is 7.20. The quantitative estimate of drug-likeness (QED) is 0.792. The van der Waals surface area contributed by atoms with Gasteiger partial charge in [-0.3, -0.25) is 0 Å². The molecule has 0 saturated heterocycles. The molecular weight excluding hydrogens is 274 g/mol. The molecule has 0 amide bonds. The lowest BCUT2D eigenvalue weighted by Crippen LogP contribution is -2.06. The van der Waals surface area contributed by atoms with Gasteiger partial charge in [0.05, 0.1) is 13.2 Å². The van der Waals surface area contributed by atoms with E-state index in [1.165, 1.54) is 11.3 Å². The van der Waals surface area contributed by atoms with Crippen molar-refractivity contribution in [2.24, 2.45) is 0 Å². The molecule has 0 bridgehead atoms. The predicted molar refractivity (Wildman–Crippen MR) is 79.0 cm³/mol. The van der Waals surface area contributed by atoms with Gasteiger partial charge in [-0.25, -0.2) is 9.78 Å². The summed E-state index contributed by atoms with van der Waals surface area (Å²) in [6.07, 6.45) is 0. The van der Waals surface area contributed by atoms with Crippen LogP contribution >= 0.6 is 11.3 Å². The number of hydrogen-bond acceptors (Lipinski definition) is 5. The molecule has 2 aromatic rings. The molecule has 1 aromatic carbocycles. The fraction of sp³-hybridized carbons (Fsp3) is 0.333. The Morgan fingerprint density at radius 2 is 2.00 bits per heavy atom. The number of rotatable bonds is 5. The average Bonchev–Trinajstić information content (AvgIpc) is 2.82. The summed E-state index contributed by atoms with van der Waals surface area (Å²) in [6.45, 7) is 4.61. The maximum Gasteiger partial charge on any atom is 0.358 e. The number of methoxy groups -OCH3 is 1. The van der Waals surface area contributed by atoms with Crippen LogP contribution in [0.2, 0.25) is 0 Å². The number of nitrogens with zero attached hydrogens (tertiary/aromatic N) is 1. The number of hydrogen-bond donors (Lipinski definition) is 0. The molecule has 0 aliphatic rings. The van der Waals surface area contributed by atoms with Gasteiger partial charge < -0.3 is 9.47 Å². The Hall–Kier alpha value is -1.72. The van der Waals surface area contributed by atoms with E-state index in [4.69, 9.17) is 9.47 Å². The fourth-order valence-electron chi connectivity index (χ4n) is 1.82. The van der Waals surface area contributed by atoms with Crippen molar-refractivity contribution >= 4 is 17.3 Å². The summed E-state index contributed by atoms with van der Waals surface area (Å²) in [5, 5.41) is 0.828. The van der Waals surface area contributed by atoms with Crippen LogP contribution in [0.15, 0.2) is 24.3 Å². The lowest BCUT2D eigenvalue weighted by atomic mass is 10.1. The lowest BCUT2D eigenvalue weighted by molar-refractivity contribution is 0.0519. The molecule has 0 aliphatic heterocycles. The van der Waals surface area contributed by atoms with E-state index in [2.05, 4.69) is 4.98 Å². The van der Waals surface area contributed by atoms with Crippen LogP contribution in [0.5, 0.6) is 0 Å². The maximum absolute atomic E-state index is 11.8. The van der Waals surface area contributed by atoms with E-state index in [-0.39, 0.29) is 5.97 Å². The first-order valence-electron chi connectivity index (χ1n) is 6.38. The van der Waals surface area contributed by atoms with Crippen LogP contribution in [0.3, 0.4) is 0 Å². The Balaban J connectivity index is 2.25. The molecule has 0 spiro atoms. The van der Waals surface area contributed by atoms with Gasteiger partial charge in [-0.05, 0) is 19.4 Å². The van der Waals surface area contributed by atoms with E-state index < -0.39 is 0 Å². The van der Waals surface area contributed by atoms with Crippen LogP contribution < -0.4 is 0 Å². The SMILES string of the molecule is CCOC(=O)c1nc(-c2ccc(COC)cc2)sc1C. The molecule has 4 nitrogen and oxygen atoms in total. The summed E-state index contributed by atoms with van der Waals surface area (Å²) in [5.74, 6) is -0.358. The molecule has 1 aromatic heterocycles. The predicted octanol–water partition coefficient (Wildman–Crippen LogP) is 3.44. The van der Waals surface area contributed by atoms with Gasteiger partial charge in [0.15, 0.2) is 5.69 Å². The molecule has 2 rings (SSSR count). The number of aromatic nitrogens is 1. The van der Waals surface area contributed by atoms with Crippen LogP contribution in [0.4, 0.5) is 0 Å². The number of ether oxygens (including phenoxy) is 2. The van der Waals surface area contributed by atoms with E-state index in [0.717, 1.165) is 21.0 Å². The van der Waals surface area contributed by atoms with E-state index in [1.807, 2.05) is 31.2 Å². The number of esters is 1. The number of carbonyl (C=O) groups is 1. The Labute approximate surface area is 122 Å². The van der Waals surface area contributed by atoms with Gasteiger partial charge in [0.1, 0.15) is 5.01 Å². The number of benzene rings is 1. The van der Waals surface area contributed by atoms with Crippen LogP contribution in [-0.4, -0.2) is 24.7 Å². The number of thiazole rings is 1. The van der Waals surface area contributed by atoms with Crippen LogP contribution in [-0.2, 0) is 16.1 Å². The average molecular weight is 291 g/mol. The molecule has 0 radical (unpaired) electrons. The summed E-state index contributed by atoms with van der Waals surface area (Å²) in [5.41, 5.74) is 2.51. The second-order valence-corrected chi connectivity index (χ2v) is 5.48. The fourth-order valence-corrected chi connectivity index (χ4v) is 2.73. The van der Waals surface area contributed by atoms with Gasteiger partial charge >= 0.3 is 5.97 Å². The Morgan fingerprint density at radius 1 is 1.30 bits per heavy atom. The minimum Gasteiger partial charge on any atom is -0.461 e. The van der Waals surface area contributed by atoms with Gasteiger partial charge in [-0.15, -0.1) is 11.3 Å². The lowest BCUT2D eigenvalue weighted by Gasteiger charge is -2.01. The zero-order valence-electron chi connectivity index (χ0n) is 11.8. The van der Waals surface area contributed by atoms with Crippen molar-refractivity contribution in [3.63, 3.8) is 0 Å². The van der Waals surface area contributed by atoms with Gasteiger partial charge in [-0.2, -0.15) is 0 Å². The van der Waals surface area contributed by atoms with Crippen molar-refractivity contribution in [2.45, 2.75) is 20.5 Å². The zero-order chi connectivity index (χ0) is 14.5. The highest BCUT2D eigenvalue weighted by molar-refractivity contribution is 7.15. The van der Waals surface area contributed by atoms with E-state index in [1.54, 1.807) is 14.0 Å². The van der Waals surface area contributed by atoms with E-state index in [9.17, 15) is 4.79 Å². The standard InChI is InChI=1S/C15H17NO3S/c1-4-19-15(17)13-10(2)20-14(16-13)12-7-5-11(6-8-12)9-18-3/h5-8H,4,9H2,1-3H3. The van der Waals surface area contributed by atoms with Crippen molar-refractivity contribution in [1.29, 1.82) is 0 Å². The van der Waals surface area contributed by atoms with Gasteiger partial charge in [-0.1, -0.05) is 24.3 Å². The number of carbonyl (C=O) groups excluding carboxylic acids is 1. The van der Waals surface area contributed by atoms with Gasteiger partial charge in [0.2, 0.25) is 0 Å². The van der Waals surface area contributed by atoms with E-state index in [0.29, 0.717) is 18.9 Å². The molecule has 0 unspecified atom stereocenters. The third-order valence-electron chi connectivity index (χ3n) is 2.78. The van der Waals surface area contributed by atoms with Crippen LogP contribution in [0.25, 0.3) is 10.6 Å². The third kappa shape index (κ3) is 3.23. The highest BCUT2D eigenvalue weighted by Gasteiger charge is 2.17. The van der Waals surface area contributed by atoms with Crippen LogP contribution in [0.1, 0.15) is 27.9 Å². The molecule has 0 N–H and O–H groups in total. The highest BCUT2D eigenvalue weighted by atomic mass is 32.1. The Kier molecular flexibility index (Phi) is 4.87.